The van der Waals surface area contributed by atoms with E-state index >= 15 is 0 Å². The van der Waals surface area contributed by atoms with Gasteiger partial charge in [-0.3, -0.25) is 0 Å². The number of aliphatic carboxylic acids is 1. The largest absolute Gasteiger partial charge is 0.489 e. The van der Waals surface area contributed by atoms with Gasteiger partial charge in [-0.2, -0.15) is 0 Å². The number of hydrogen-bond acceptors (Lipinski definition) is 5. The number of para-hydroxylation sites is 1. The van der Waals surface area contributed by atoms with Gasteiger partial charge in [-0.05, 0) is 50.3 Å². The van der Waals surface area contributed by atoms with Crippen LogP contribution in [0.5, 0.6) is 17.2 Å². The van der Waals surface area contributed by atoms with Gasteiger partial charge in [-0.1, -0.05) is 55.1 Å². The number of carboxylic acids is 1. The summed E-state index contributed by atoms with van der Waals surface area (Å²) >= 11 is 6.22. The predicted octanol–water partition coefficient (Wildman–Crippen LogP) is 6.42. The second-order valence-electron chi connectivity index (χ2n) is 7.01. The summed E-state index contributed by atoms with van der Waals surface area (Å²) in [7, 11) is 0. The molecule has 2 aromatic rings. The second-order valence-corrected chi connectivity index (χ2v) is 7.42. The van der Waals surface area contributed by atoms with Crippen LogP contribution in [0.4, 0.5) is 0 Å². The summed E-state index contributed by atoms with van der Waals surface area (Å²) in [5.41, 5.74) is 2.02. The van der Waals surface area contributed by atoms with Crippen molar-refractivity contribution in [2.45, 2.75) is 26.6 Å². The highest BCUT2D eigenvalue weighted by Gasteiger charge is 2.17. The number of nitrogens with zero attached hydrogens (tertiary/aromatic N) is 1. The zero-order chi connectivity index (χ0) is 24.9. The molecule has 1 N–H and O–H groups in total. The van der Waals surface area contributed by atoms with E-state index < -0.39 is 12.1 Å². The summed E-state index contributed by atoms with van der Waals surface area (Å²) < 4.78 is 17.3. The first-order chi connectivity index (χ1) is 16.4. The van der Waals surface area contributed by atoms with Crippen LogP contribution in [0, 0.1) is 0 Å². The summed E-state index contributed by atoms with van der Waals surface area (Å²) in [5.74, 6) is 0.365. The van der Waals surface area contributed by atoms with Gasteiger partial charge < -0.3 is 19.3 Å². The molecule has 0 radical (unpaired) electrons. The second kappa shape index (κ2) is 13.7. The lowest BCUT2D eigenvalue weighted by Gasteiger charge is -2.16. The number of carboxylic acid groups (broad SMARTS) is 1. The van der Waals surface area contributed by atoms with E-state index in [2.05, 4.69) is 18.2 Å². The minimum Gasteiger partial charge on any atom is -0.489 e. The third kappa shape index (κ3) is 8.30. The molecule has 1 unspecified atom stereocenters. The van der Waals surface area contributed by atoms with Crippen molar-refractivity contribution in [3.05, 3.63) is 102 Å². The van der Waals surface area contributed by atoms with Crippen LogP contribution in [-0.2, 0) is 11.4 Å². The van der Waals surface area contributed by atoms with Gasteiger partial charge in [0.15, 0.2) is 6.10 Å². The number of benzene rings is 2. The summed E-state index contributed by atoms with van der Waals surface area (Å²) in [6.07, 6.45) is 7.74. The highest BCUT2D eigenvalue weighted by Crippen LogP contribution is 2.31. The first-order valence-electron chi connectivity index (χ1n) is 10.6. The van der Waals surface area contributed by atoms with Crippen LogP contribution in [0.2, 0.25) is 5.02 Å². The Balaban J connectivity index is 2.11. The number of halogens is 1. The third-order valence-corrected chi connectivity index (χ3v) is 4.70. The van der Waals surface area contributed by atoms with Gasteiger partial charge in [0.1, 0.15) is 30.5 Å². The molecule has 0 aliphatic heterocycles. The standard InChI is InChI=1S/C27H28ClNO5/c1-5-10-21(7-3)29-22(11-6-2)18-33-24-14-9-13-23(16-24)32-17-20-12-8-15-25(28)26(20)34-19(4)27(30)31/h5-16,19H,1,3,17-18H2,2,4H3,(H,30,31)/b11-6-,21-10+,29-22+. The van der Waals surface area contributed by atoms with Gasteiger partial charge in [0.05, 0.1) is 16.4 Å². The zero-order valence-corrected chi connectivity index (χ0v) is 20.0. The minimum atomic E-state index is -1.09. The summed E-state index contributed by atoms with van der Waals surface area (Å²) in [5, 5.41) is 9.45. The van der Waals surface area contributed by atoms with Crippen molar-refractivity contribution >= 4 is 23.3 Å². The molecule has 2 aromatic carbocycles. The Morgan fingerprint density at radius 2 is 1.88 bits per heavy atom. The number of allylic oxidation sites excluding steroid dienone is 4. The Labute approximate surface area is 205 Å². The van der Waals surface area contributed by atoms with Gasteiger partial charge in [-0.15, -0.1) is 0 Å². The van der Waals surface area contributed by atoms with E-state index in [4.69, 9.17) is 30.9 Å². The van der Waals surface area contributed by atoms with Crippen LogP contribution in [0.25, 0.3) is 0 Å². The molecule has 178 valence electrons. The van der Waals surface area contributed by atoms with Crippen LogP contribution in [-0.4, -0.2) is 29.5 Å². The Morgan fingerprint density at radius 1 is 1.18 bits per heavy atom. The maximum absolute atomic E-state index is 11.2. The minimum absolute atomic E-state index is 0.131. The van der Waals surface area contributed by atoms with Crippen molar-refractivity contribution in [3.63, 3.8) is 0 Å². The molecule has 0 saturated carbocycles. The zero-order valence-electron chi connectivity index (χ0n) is 19.2. The molecule has 2 rings (SSSR count). The van der Waals surface area contributed by atoms with Crippen LogP contribution in [0.3, 0.4) is 0 Å². The first-order valence-corrected chi connectivity index (χ1v) is 10.9. The van der Waals surface area contributed by atoms with Crippen LogP contribution in [0.1, 0.15) is 19.4 Å². The molecule has 0 aliphatic rings. The molecule has 0 aromatic heterocycles. The van der Waals surface area contributed by atoms with E-state index in [9.17, 15) is 4.79 Å². The van der Waals surface area contributed by atoms with Crippen molar-refractivity contribution in [2.75, 3.05) is 6.61 Å². The Hall–Kier alpha value is -3.77. The first kappa shape index (κ1) is 26.5. The van der Waals surface area contributed by atoms with Crippen molar-refractivity contribution in [1.29, 1.82) is 0 Å². The molecule has 0 amide bonds. The van der Waals surface area contributed by atoms with E-state index in [-0.39, 0.29) is 19.0 Å². The molecule has 1 atom stereocenters. The smallest absolute Gasteiger partial charge is 0.344 e. The van der Waals surface area contributed by atoms with E-state index in [1.165, 1.54) is 6.92 Å². The van der Waals surface area contributed by atoms with Gasteiger partial charge in [0, 0.05) is 11.6 Å². The topological polar surface area (TPSA) is 77.3 Å². The maximum Gasteiger partial charge on any atom is 0.344 e. The van der Waals surface area contributed by atoms with Crippen molar-refractivity contribution in [1.82, 2.24) is 0 Å². The van der Waals surface area contributed by atoms with Gasteiger partial charge in [0.2, 0.25) is 0 Å². The monoisotopic (exact) mass is 481 g/mol. The SMILES string of the molecule is C=C/C=C(C=C)/N=C(\C=C/C)COc1cccc(OCc2cccc(Cl)c2OC(C)C(=O)O)c1. The van der Waals surface area contributed by atoms with E-state index in [1.54, 1.807) is 48.6 Å². The van der Waals surface area contributed by atoms with Gasteiger partial charge in [0.25, 0.3) is 0 Å². The lowest BCUT2D eigenvalue weighted by Crippen LogP contribution is -2.23. The van der Waals surface area contributed by atoms with Crippen molar-refractivity contribution < 1.29 is 24.1 Å². The lowest BCUT2D eigenvalue weighted by atomic mass is 10.2. The van der Waals surface area contributed by atoms with Gasteiger partial charge in [-0.25, -0.2) is 9.79 Å². The molecule has 0 spiro atoms. The molecule has 0 aliphatic carbocycles. The molecule has 0 heterocycles. The summed E-state index contributed by atoms with van der Waals surface area (Å²) in [4.78, 5) is 15.7. The molecule has 34 heavy (non-hydrogen) atoms. The molecule has 7 heteroatoms. The van der Waals surface area contributed by atoms with Crippen LogP contribution < -0.4 is 14.2 Å². The number of hydrogen-bond donors (Lipinski definition) is 1. The summed E-state index contributed by atoms with van der Waals surface area (Å²) in [6, 6.07) is 12.3. The summed E-state index contributed by atoms with van der Waals surface area (Å²) in [6.45, 7) is 11.1. The van der Waals surface area contributed by atoms with E-state index in [1.807, 2.05) is 31.2 Å². The molecule has 0 bridgehead atoms. The normalized spacial score (nSPS) is 12.8. The molecule has 0 saturated heterocycles. The van der Waals surface area contributed by atoms with Crippen LogP contribution >= 0.6 is 11.6 Å². The van der Waals surface area contributed by atoms with E-state index in [0.717, 1.165) is 5.71 Å². The lowest BCUT2D eigenvalue weighted by molar-refractivity contribution is -0.144. The fraction of sp³-hybridized carbons (Fsp3) is 0.185. The predicted molar refractivity (Wildman–Crippen MR) is 136 cm³/mol. The molecule has 6 nitrogen and oxygen atoms in total. The van der Waals surface area contributed by atoms with E-state index in [0.29, 0.717) is 27.8 Å². The molecular weight excluding hydrogens is 454 g/mol. The third-order valence-electron chi connectivity index (χ3n) is 4.41. The maximum atomic E-state index is 11.2. The average Bonchev–Trinajstić information content (AvgIpc) is 2.82. The highest BCUT2D eigenvalue weighted by molar-refractivity contribution is 6.32. The number of carbonyl (C=O) groups is 1. The molecule has 0 fully saturated rings. The fourth-order valence-corrected chi connectivity index (χ4v) is 2.98. The number of ether oxygens (including phenoxy) is 3. The fourth-order valence-electron chi connectivity index (χ4n) is 2.75. The van der Waals surface area contributed by atoms with Crippen LogP contribution in [0.15, 0.2) is 96.7 Å². The quantitative estimate of drug-likeness (QED) is 0.264. The number of rotatable bonds is 13. The number of aliphatic imine (C=N–C) groups is 1. The Bertz CT molecular complexity index is 1100. The highest BCUT2D eigenvalue weighted by atomic mass is 35.5. The van der Waals surface area contributed by atoms with Crippen molar-refractivity contribution in [2.24, 2.45) is 4.99 Å². The van der Waals surface area contributed by atoms with Gasteiger partial charge >= 0.3 is 5.97 Å². The molecular formula is C27H28ClNO5. The van der Waals surface area contributed by atoms with Crippen molar-refractivity contribution in [3.8, 4) is 17.2 Å². The average molecular weight is 482 g/mol. The Morgan fingerprint density at radius 3 is 2.53 bits per heavy atom. The Kier molecular flexibility index (Phi) is 10.7.